The fraction of sp³-hybridized carbons (Fsp3) is 0.567. The maximum atomic E-state index is 15.5. The van der Waals surface area contributed by atoms with Crippen LogP contribution in [0.1, 0.15) is 91.0 Å². The van der Waals surface area contributed by atoms with Crippen LogP contribution in [-0.2, 0) is 0 Å². The highest BCUT2D eigenvalue weighted by molar-refractivity contribution is 6.02. The number of urea groups is 1. The Labute approximate surface area is 221 Å². The van der Waals surface area contributed by atoms with Crippen molar-refractivity contribution in [3.8, 4) is 5.75 Å². The monoisotopic (exact) mass is 515 g/mol. The van der Waals surface area contributed by atoms with Crippen molar-refractivity contribution < 1.29 is 18.3 Å². The highest BCUT2D eigenvalue weighted by Crippen LogP contribution is 2.38. The van der Waals surface area contributed by atoms with Gasteiger partial charge in [-0.25, -0.2) is 13.6 Å². The number of hydrogen-bond acceptors (Lipinski definition) is 3. The number of carbonyl (C=O) groups is 1. The summed E-state index contributed by atoms with van der Waals surface area (Å²) >= 11 is 0. The lowest BCUT2D eigenvalue weighted by Gasteiger charge is -2.38. The summed E-state index contributed by atoms with van der Waals surface area (Å²) in [7, 11) is 0. The summed E-state index contributed by atoms with van der Waals surface area (Å²) in [6.45, 7) is 11.4. The minimum Gasteiger partial charge on any atom is -0.494 e. The number of carbonyl (C=O) groups excluding carboxylic acids is 1. The van der Waals surface area contributed by atoms with Gasteiger partial charge in [-0.1, -0.05) is 47.0 Å². The third kappa shape index (κ3) is 7.59. The van der Waals surface area contributed by atoms with Crippen LogP contribution in [0.5, 0.6) is 5.75 Å². The van der Waals surface area contributed by atoms with E-state index in [0.29, 0.717) is 41.3 Å². The van der Waals surface area contributed by atoms with E-state index in [9.17, 15) is 9.18 Å². The molecule has 1 aliphatic rings. The Bertz CT molecular complexity index is 1030. The summed E-state index contributed by atoms with van der Waals surface area (Å²) in [6.07, 6.45) is 7.20. The van der Waals surface area contributed by atoms with E-state index in [1.54, 1.807) is 18.2 Å². The van der Waals surface area contributed by atoms with Gasteiger partial charge in [-0.2, -0.15) is 0 Å². The number of nitrogens with one attached hydrogen (secondary N) is 2. The van der Waals surface area contributed by atoms with Gasteiger partial charge in [0.2, 0.25) is 0 Å². The molecule has 204 valence electrons. The first-order valence-corrected chi connectivity index (χ1v) is 13.9. The van der Waals surface area contributed by atoms with Gasteiger partial charge in [-0.3, -0.25) is 0 Å². The topological polar surface area (TPSA) is 53.6 Å². The van der Waals surface area contributed by atoms with Crippen molar-refractivity contribution in [2.75, 3.05) is 28.7 Å². The van der Waals surface area contributed by atoms with E-state index < -0.39 is 11.8 Å². The Morgan fingerprint density at radius 1 is 0.973 bits per heavy atom. The van der Waals surface area contributed by atoms with Gasteiger partial charge >= 0.3 is 6.03 Å². The number of ether oxygens (including phenoxy) is 1. The summed E-state index contributed by atoms with van der Waals surface area (Å²) in [5, 5.41) is 5.55. The number of rotatable bonds is 11. The number of nitrogens with zero attached hydrogens (tertiary/aromatic N) is 1. The average Bonchev–Trinajstić information content (AvgIpc) is 2.87. The molecule has 0 saturated heterocycles. The molecule has 1 aliphatic carbocycles. The molecule has 0 aliphatic heterocycles. The van der Waals surface area contributed by atoms with Gasteiger partial charge in [0.25, 0.3) is 0 Å². The van der Waals surface area contributed by atoms with E-state index in [4.69, 9.17) is 4.74 Å². The molecule has 5 nitrogen and oxygen atoms in total. The third-order valence-corrected chi connectivity index (χ3v) is 7.18. The number of halogens is 2. The molecule has 2 amide bonds. The molecule has 0 unspecified atom stereocenters. The number of hydrogen-bond donors (Lipinski definition) is 2. The van der Waals surface area contributed by atoms with Crippen molar-refractivity contribution in [2.24, 2.45) is 5.92 Å². The van der Waals surface area contributed by atoms with E-state index in [1.165, 1.54) is 18.6 Å². The van der Waals surface area contributed by atoms with Gasteiger partial charge in [-0.15, -0.1) is 0 Å². The van der Waals surface area contributed by atoms with Crippen LogP contribution in [0, 0.1) is 17.6 Å². The summed E-state index contributed by atoms with van der Waals surface area (Å²) in [4.78, 5) is 15.4. The maximum absolute atomic E-state index is 15.5. The maximum Gasteiger partial charge on any atom is 0.323 e. The molecule has 0 heterocycles. The molecule has 2 N–H and O–H groups in total. The molecule has 0 bridgehead atoms. The van der Waals surface area contributed by atoms with Gasteiger partial charge < -0.3 is 20.3 Å². The largest absolute Gasteiger partial charge is 0.494 e. The Hall–Kier alpha value is -2.83. The standard InChI is InChI=1S/C30H43F2N3O2/c1-6-21(7-2)24-17-28(34-30(36)33-27-15-14-23(37-8-3)16-26(27)32)29(18-25(24)31)35(19-20(4)5)22-12-10-9-11-13-22/h14-18,20-22H,6-13,19H2,1-5H3,(H2,33,34,36). The fourth-order valence-corrected chi connectivity index (χ4v) is 5.32. The Morgan fingerprint density at radius 2 is 1.65 bits per heavy atom. The van der Waals surface area contributed by atoms with Crippen LogP contribution in [0.15, 0.2) is 30.3 Å². The van der Waals surface area contributed by atoms with E-state index in [-0.39, 0.29) is 17.4 Å². The second-order valence-corrected chi connectivity index (χ2v) is 10.4. The first-order chi connectivity index (χ1) is 17.8. The molecular weight excluding hydrogens is 472 g/mol. The van der Waals surface area contributed by atoms with Gasteiger partial charge in [0.1, 0.15) is 17.4 Å². The quantitative estimate of drug-likeness (QED) is 0.315. The SMILES string of the molecule is CCOc1ccc(NC(=O)Nc2cc(C(CC)CC)c(F)cc2N(CC(C)C)C2CCCCC2)c(F)c1. The van der Waals surface area contributed by atoms with E-state index in [0.717, 1.165) is 45.1 Å². The third-order valence-electron chi connectivity index (χ3n) is 7.18. The van der Waals surface area contributed by atoms with Gasteiger partial charge in [0.05, 0.1) is 23.7 Å². The Balaban J connectivity index is 1.97. The molecule has 1 saturated carbocycles. The first-order valence-electron chi connectivity index (χ1n) is 13.9. The lowest BCUT2D eigenvalue weighted by atomic mass is 9.90. The molecule has 7 heteroatoms. The van der Waals surface area contributed by atoms with Gasteiger partial charge in [0.15, 0.2) is 0 Å². The lowest BCUT2D eigenvalue weighted by molar-refractivity contribution is 0.262. The molecule has 2 aromatic rings. The van der Waals surface area contributed by atoms with Crippen LogP contribution < -0.4 is 20.3 Å². The summed E-state index contributed by atoms with van der Waals surface area (Å²) < 4.78 is 35.5. The average molecular weight is 516 g/mol. The molecule has 0 spiro atoms. The van der Waals surface area contributed by atoms with E-state index >= 15 is 4.39 Å². The smallest absolute Gasteiger partial charge is 0.323 e. The molecule has 2 aromatic carbocycles. The van der Waals surface area contributed by atoms with Crippen molar-refractivity contribution in [2.45, 2.75) is 91.5 Å². The van der Waals surface area contributed by atoms with Crippen LogP contribution in [-0.4, -0.2) is 25.2 Å². The van der Waals surface area contributed by atoms with Crippen molar-refractivity contribution >= 4 is 23.1 Å². The highest BCUT2D eigenvalue weighted by Gasteiger charge is 2.27. The summed E-state index contributed by atoms with van der Waals surface area (Å²) in [6, 6.07) is 7.45. The molecule has 0 radical (unpaired) electrons. The lowest BCUT2D eigenvalue weighted by Crippen LogP contribution is -2.40. The molecule has 3 rings (SSSR count). The summed E-state index contributed by atoms with van der Waals surface area (Å²) in [5.74, 6) is -0.00487. The van der Waals surface area contributed by atoms with Gasteiger partial charge in [-0.05, 0) is 74.3 Å². The van der Waals surface area contributed by atoms with Crippen LogP contribution in [0.25, 0.3) is 0 Å². The normalized spacial score (nSPS) is 14.2. The van der Waals surface area contributed by atoms with Crippen molar-refractivity contribution in [1.82, 2.24) is 0 Å². The molecular formula is C30H43F2N3O2. The zero-order valence-electron chi connectivity index (χ0n) is 23.0. The zero-order chi connectivity index (χ0) is 26.9. The van der Waals surface area contributed by atoms with Crippen molar-refractivity contribution in [3.05, 3.63) is 47.5 Å². The van der Waals surface area contributed by atoms with Crippen LogP contribution in [0.3, 0.4) is 0 Å². The van der Waals surface area contributed by atoms with Crippen LogP contribution >= 0.6 is 0 Å². The Kier molecular flexibility index (Phi) is 10.6. The number of anilines is 3. The summed E-state index contributed by atoms with van der Waals surface area (Å²) in [5.41, 5.74) is 1.90. The van der Waals surface area contributed by atoms with E-state index in [1.807, 2.05) is 20.8 Å². The molecule has 1 fully saturated rings. The molecule has 0 atom stereocenters. The molecule has 37 heavy (non-hydrogen) atoms. The van der Waals surface area contributed by atoms with Crippen molar-refractivity contribution in [3.63, 3.8) is 0 Å². The minimum absolute atomic E-state index is 0.0504. The van der Waals surface area contributed by atoms with Gasteiger partial charge in [0, 0.05) is 18.7 Å². The second-order valence-electron chi connectivity index (χ2n) is 10.4. The highest BCUT2D eigenvalue weighted by atomic mass is 19.1. The zero-order valence-corrected chi connectivity index (χ0v) is 23.0. The van der Waals surface area contributed by atoms with E-state index in [2.05, 4.69) is 29.4 Å². The van der Waals surface area contributed by atoms with Crippen LogP contribution in [0.2, 0.25) is 0 Å². The number of benzene rings is 2. The Morgan fingerprint density at radius 3 is 2.24 bits per heavy atom. The molecule has 0 aromatic heterocycles. The number of amides is 2. The first kappa shape index (κ1) is 28.7. The fourth-order valence-electron chi connectivity index (χ4n) is 5.32. The van der Waals surface area contributed by atoms with Crippen LogP contribution in [0.4, 0.5) is 30.6 Å². The predicted molar refractivity (Wildman–Crippen MR) is 149 cm³/mol. The van der Waals surface area contributed by atoms with Crippen molar-refractivity contribution in [1.29, 1.82) is 0 Å². The second kappa shape index (κ2) is 13.6. The predicted octanol–water partition coefficient (Wildman–Crippen LogP) is 8.71. The minimum atomic E-state index is -0.582.